The van der Waals surface area contributed by atoms with Crippen LogP contribution in [0.1, 0.15) is 96.5 Å². The van der Waals surface area contributed by atoms with Crippen molar-refractivity contribution in [2.24, 2.45) is 5.41 Å². The predicted octanol–water partition coefficient (Wildman–Crippen LogP) is 7.32. The summed E-state index contributed by atoms with van der Waals surface area (Å²) in [4.78, 5) is 0. The van der Waals surface area contributed by atoms with E-state index < -0.39 is 11.6 Å². The molecule has 0 N–H and O–H groups in total. The lowest BCUT2D eigenvalue weighted by atomic mass is 9.51. The Kier molecular flexibility index (Phi) is 6.25. The van der Waals surface area contributed by atoms with Gasteiger partial charge in [-0.2, -0.15) is 0 Å². The van der Waals surface area contributed by atoms with Gasteiger partial charge in [0.2, 0.25) is 0 Å². The molecule has 3 saturated carbocycles. The standard InChI is InChI=1S/C23H34F2O/c1-3-5-6-7-15-26-21-19(24)16-18(17-20(21)25)23-12-9-22(8-4-2,10-13-23)11-14-23/h16-17H,3-15H2,1-2H3. The van der Waals surface area contributed by atoms with Gasteiger partial charge in [-0.15, -0.1) is 0 Å². The van der Waals surface area contributed by atoms with Crippen LogP contribution < -0.4 is 4.74 Å². The van der Waals surface area contributed by atoms with E-state index in [0.29, 0.717) is 12.0 Å². The smallest absolute Gasteiger partial charge is 0.190 e. The van der Waals surface area contributed by atoms with Gasteiger partial charge in [-0.1, -0.05) is 39.5 Å². The molecule has 0 aliphatic heterocycles. The largest absolute Gasteiger partial charge is 0.488 e. The van der Waals surface area contributed by atoms with Crippen LogP contribution in [-0.4, -0.2) is 6.61 Å². The zero-order valence-corrected chi connectivity index (χ0v) is 16.5. The monoisotopic (exact) mass is 364 g/mol. The average Bonchev–Trinajstić information content (AvgIpc) is 2.65. The molecule has 3 fully saturated rings. The molecule has 0 radical (unpaired) electrons. The molecule has 3 aliphatic carbocycles. The summed E-state index contributed by atoms with van der Waals surface area (Å²) < 4.78 is 34.6. The minimum absolute atomic E-state index is 0.0170. The van der Waals surface area contributed by atoms with Crippen LogP contribution in [0.15, 0.2) is 12.1 Å². The molecule has 0 saturated heterocycles. The number of hydrogen-bond donors (Lipinski definition) is 0. The normalized spacial score (nSPS) is 27.7. The Bertz CT molecular complexity index is 563. The Labute approximate surface area is 157 Å². The van der Waals surface area contributed by atoms with Gasteiger partial charge in [0.15, 0.2) is 17.4 Å². The van der Waals surface area contributed by atoms with Crippen molar-refractivity contribution >= 4 is 0 Å². The highest BCUT2D eigenvalue weighted by Gasteiger charge is 2.49. The number of hydrogen-bond acceptors (Lipinski definition) is 1. The highest BCUT2D eigenvalue weighted by molar-refractivity contribution is 5.37. The van der Waals surface area contributed by atoms with Crippen molar-refractivity contribution in [1.82, 2.24) is 0 Å². The maximum absolute atomic E-state index is 14.6. The third-order valence-corrected chi connectivity index (χ3v) is 7.04. The minimum Gasteiger partial charge on any atom is -0.488 e. The lowest BCUT2D eigenvalue weighted by Crippen LogP contribution is -2.44. The second-order valence-corrected chi connectivity index (χ2v) is 8.71. The van der Waals surface area contributed by atoms with E-state index in [2.05, 4.69) is 13.8 Å². The third-order valence-electron chi connectivity index (χ3n) is 7.04. The summed E-state index contributed by atoms with van der Waals surface area (Å²) in [5.74, 6) is -1.24. The molecule has 26 heavy (non-hydrogen) atoms. The summed E-state index contributed by atoms with van der Waals surface area (Å²) in [6.45, 7) is 4.79. The number of ether oxygens (including phenoxy) is 1. The van der Waals surface area contributed by atoms with E-state index in [9.17, 15) is 8.78 Å². The first-order chi connectivity index (χ1) is 12.5. The minimum atomic E-state index is -0.527. The van der Waals surface area contributed by atoms with E-state index in [1.165, 1.54) is 32.1 Å². The Morgan fingerprint density at radius 3 is 2.00 bits per heavy atom. The van der Waals surface area contributed by atoms with Crippen LogP contribution >= 0.6 is 0 Å². The van der Waals surface area contributed by atoms with Crippen molar-refractivity contribution in [2.75, 3.05) is 6.61 Å². The molecule has 0 unspecified atom stereocenters. The fourth-order valence-corrected chi connectivity index (χ4v) is 5.31. The van der Waals surface area contributed by atoms with Gasteiger partial charge in [0.05, 0.1) is 6.61 Å². The maximum Gasteiger partial charge on any atom is 0.190 e. The molecule has 0 spiro atoms. The van der Waals surface area contributed by atoms with Crippen molar-refractivity contribution < 1.29 is 13.5 Å². The number of fused-ring (bicyclic) bond motifs is 3. The first kappa shape index (κ1) is 19.6. The summed E-state index contributed by atoms with van der Waals surface area (Å²) >= 11 is 0. The molecular formula is C23H34F2O. The molecule has 3 aliphatic rings. The van der Waals surface area contributed by atoms with E-state index in [1.807, 2.05) is 0 Å². The Morgan fingerprint density at radius 2 is 1.46 bits per heavy atom. The SMILES string of the molecule is CCCCCCOc1c(F)cc(C23CCC(CCC)(CC2)CC3)cc1F. The third kappa shape index (κ3) is 3.92. The summed E-state index contributed by atoms with van der Waals surface area (Å²) in [7, 11) is 0. The summed E-state index contributed by atoms with van der Waals surface area (Å²) in [5, 5.41) is 0. The van der Waals surface area contributed by atoms with Gasteiger partial charge >= 0.3 is 0 Å². The lowest BCUT2D eigenvalue weighted by Gasteiger charge is -2.54. The van der Waals surface area contributed by atoms with Crippen LogP contribution in [0.25, 0.3) is 0 Å². The molecule has 1 aromatic rings. The van der Waals surface area contributed by atoms with Crippen molar-refractivity contribution in [3.05, 3.63) is 29.3 Å². The van der Waals surface area contributed by atoms with Gasteiger partial charge in [-0.25, -0.2) is 8.78 Å². The van der Waals surface area contributed by atoms with E-state index in [1.54, 1.807) is 12.1 Å². The van der Waals surface area contributed by atoms with Crippen LogP contribution in [0.5, 0.6) is 5.75 Å². The van der Waals surface area contributed by atoms with Gasteiger partial charge in [0.25, 0.3) is 0 Å². The molecule has 0 atom stereocenters. The Morgan fingerprint density at radius 1 is 0.846 bits per heavy atom. The Balaban J connectivity index is 1.68. The van der Waals surface area contributed by atoms with Crippen LogP contribution in [0.4, 0.5) is 8.78 Å². The molecule has 3 heteroatoms. The van der Waals surface area contributed by atoms with Crippen LogP contribution in [0, 0.1) is 17.0 Å². The zero-order chi connectivity index (χ0) is 18.6. The maximum atomic E-state index is 14.6. The molecular weight excluding hydrogens is 330 g/mol. The molecule has 4 rings (SSSR count). The van der Waals surface area contributed by atoms with Gasteiger partial charge in [0, 0.05) is 0 Å². The quantitative estimate of drug-likeness (QED) is 0.417. The Hall–Kier alpha value is -1.12. The van der Waals surface area contributed by atoms with Crippen LogP contribution in [0.3, 0.4) is 0 Å². The summed E-state index contributed by atoms with van der Waals surface area (Å²) in [6, 6.07) is 3.12. The van der Waals surface area contributed by atoms with Crippen LogP contribution in [0.2, 0.25) is 0 Å². The molecule has 1 aromatic carbocycles. The highest BCUT2D eigenvalue weighted by atomic mass is 19.1. The summed E-state index contributed by atoms with van der Waals surface area (Å²) in [5.41, 5.74) is 1.35. The van der Waals surface area contributed by atoms with Gasteiger partial charge in [-0.3, -0.25) is 0 Å². The lowest BCUT2D eigenvalue weighted by molar-refractivity contribution is 0.0317. The topological polar surface area (TPSA) is 9.23 Å². The zero-order valence-electron chi connectivity index (χ0n) is 16.5. The van der Waals surface area contributed by atoms with Gasteiger partial charge in [-0.05, 0) is 79.9 Å². The average molecular weight is 365 g/mol. The molecule has 0 amide bonds. The number of benzene rings is 1. The van der Waals surface area contributed by atoms with Crippen molar-refractivity contribution in [3.63, 3.8) is 0 Å². The molecule has 0 heterocycles. The van der Waals surface area contributed by atoms with Gasteiger partial charge < -0.3 is 4.74 Å². The first-order valence-electron chi connectivity index (χ1n) is 10.7. The predicted molar refractivity (Wildman–Crippen MR) is 103 cm³/mol. The van der Waals surface area contributed by atoms with E-state index in [-0.39, 0.29) is 11.2 Å². The van der Waals surface area contributed by atoms with Gasteiger partial charge in [0.1, 0.15) is 0 Å². The number of unbranched alkanes of at least 4 members (excludes halogenated alkanes) is 3. The molecule has 146 valence electrons. The number of rotatable bonds is 9. The fourth-order valence-electron chi connectivity index (χ4n) is 5.31. The number of halogens is 2. The second kappa shape index (κ2) is 8.27. The summed E-state index contributed by atoms with van der Waals surface area (Å²) in [6.07, 6.45) is 13.5. The van der Waals surface area contributed by atoms with Crippen molar-refractivity contribution in [3.8, 4) is 5.75 Å². The molecule has 2 bridgehead atoms. The van der Waals surface area contributed by atoms with E-state index >= 15 is 0 Å². The van der Waals surface area contributed by atoms with Crippen molar-refractivity contribution in [1.29, 1.82) is 0 Å². The molecule has 1 nitrogen and oxygen atoms in total. The fraction of sp³-hybridized carbons (Fsp3) is 0.739. The molecule has 0 aromatic heterocycles. The van der Waals surface area contributed by atoms with Crippen molar-refractivity contribution in [2.45, 2.75) is 96.3 Å². The van der Waals surface area contributed by atoms with E-state index in [0.717, 1.165) is 50.5 Å². The second-order valence-electron chi connectivity index (χ2n) is 8.71. The first-order valence-corrected chi connectivity index (χ1v) is 10.7. The van der Waals surface area contributed by atoms with E-state index in [4.69, 9.17) is 4.74 Å². The highest BCUT2D eigenvalue weighted by Crippen LogP contribution is 2.59. The van der Waals surface area contributed by atoms with Crippen LogP contribution in [-0.2, 0) is 5.41 Å².